The predicted octanol–water partition coefficient (Wildman–Crippen LogP) is 2.52. The maximum Gasteiger partial charge on any atom is 0.319 e. The number of carbonyl (C=O) groups excluding carboxylic acids is 1. The first-order valence-corrected chi connectivity index (χ1v) is 6.18. The molecule has 1 aromatic rings. The second-order valence-corrected chi connectivity index (χ2v) is 4.43. The van der Waals surface area contributed by atoms with Gasteiger partial charge in [0.1, 0.15) is 17.3 Å². The molecular formula is C14H15F2N3O. The van der Waals surface area contributed by atoms with Crippen LogP contribution in [-0.4, -0.2) is 18.6 Å². The number of anilines is 1. The molecule has 0 aliphatic carbocycles. The van der Waals surface area contributed by atoms with Crippen LogP contribution in [0.3, 0.4) is 0 Å². The van der Waals surface area contributed by atoms with Crippen molar-refractivity contribution in [1.29, 1.82) is 0 Å². The van der Waals surface area contributed by atoms with Crippen molar-refractivity contribution in [2.75, 3.05) is 11.9 Å². The number of hydrogen-bond acceptors (Lipinski definition) is 2. The molecule has 2 amide bonds. The second-order valence-electron chi connectivity index (χ2n) is 4.43. The van der Waals surface area contributed by atoms with Crippen LogP contribution in [0.2, 0.25) is 0 Å². The summed E-state index contributed by atoms with van der Waals surface area (Å²) in [6, 6.07) is 2.93. The van der Waals surface area contributed by atoms with E-state index in [1.54, 1.807) is 6.20 Å². The molecule has 1 aliphatic rings. The molecule has 3 N–H and O–H groups in total. The summed E-state index contributed by atoms with van der Waals surface area (Å²) in [5.74, 6) is -1.62. The molecule has 0 spiro atoms. The van der Waals surface area contributed by atoms with Gasteiger partial charge in [-0.3, -0.25) is 0 Å². The van der Waals surface area contributed by atoms with Gasteiger partial charge in [0.25, 0.3) is 0 Å². The maximum absolute atomic E-state index is 13.3. The normalized spacial score (nSPS) is 17.1. The Morgan fingerprint density at radius 1 is 1.35 bits per heavy atom. The number of dihydropyridines is 1. The molecule has 0 fully saturated rings. The molecular weight excluding hydrogens is 264 g/mol. The zero-order chi connectivity index (χ0) is 14.5. The van der Waals surface area contributed by atoms with E-state index in [0.29, 0.717) is 0 Å². The van der Waals surface area contributed by atoms with Crippen molar-refractivity contribution in [3.8, 4) is 0 Å². The lowest BCUT2D eigenvalue weighted by Crippen LogP contribution is -2.32. The highest BCUT2D eigenvalue weighted by Gasteiger charge is 2.12. The van der Waals surface area contributed by atoms with Gasteiger partial charge in [0.15, 0.2) is 0 Å². The molecule has 0 bridgehead atoms. The Balaban J connectivity index is 1.92. The standard InChI is InChI=1S/C14H15F2N3O/c1-9-7-10(5-6-17-9)8-18-14(20)19-13-11(15)3-2-4-12(13)16/h2-7,9,17H,8H2,1H3,(H2,18,19,20). The van der Waals surface area contributed by atoms with Crippen LogP contribution >= 0.6 is 0 Å². The lowest BCUT2D eigenvalue weighted by atomic mass is 10.1. The molecule has 1 unspecified atom stereocenters. The highest BCUT2D eigenvalue weighted by molar-refractivity contribution is 5.89. The van der Waals surface area contributed by atoms with Crippen molar-refractivity contribution < 1.29 is 13.6 Å². The first-order chi connectivity index (χ1) is 9.56. The fraction of sp³-hybridized carbons (Fsp3) is 0.214. The highest BCUT2D eigenvalue weighted by atomic mass is 19.1. The van der Waals surface area contributed by atoms with Crippen molar-refractivity contribution in [3.05, 3.63) is 53.8 Å². The van der Waals surface area contributed by atoms with E-state index in [4.69, 9.17) is 0 Å². The minimum absolute atomic E-state index is 0.184. The van der Waals surface area contributed by atoms with Crippen molar-refractivity contribution in [3.63, 3.8) is 0 Å². The largest absolute Gasteiger partial charge is 0.385 e. The summed E-state index contributed by atoms with van der Waals surface area (Å²) in [7, 11) is 0. The number of halogens is 2. The predicted molar refractivity (Wildman–Crippen MR) is 73.2 cm³/mol. The Morgan fingerprint density at radius 2 is 2.05 bits per heavy atom. The first-order valence-electron chi connectivity index (χ1n) is 6.18. The number of nitrogens with one attached hydrogen (secondary N) is 3. The molecule has 0 saturated carbocycles. The molecule has 2 rings (SSSR count). The van der Waals surface area contributed by atoms with E-state index in [9.17, 15) is 13.6 Å². The fourth-order valence-corrected chi connectivity index (χ4v) is 1.81. The smallest absolute Gasteiger partial charge is 0.319 e. The van der Waals surface area contributed by atoms with E-state index in [1.807, 2.05) is 19.1 Å². The quantitative estimate of drug-likeness (QED) is 0.796. The van der Waals surface area contributed by atoms with E-state index >= 15 is 0 Å². The van der Waals surface area contributed by atoms with Crippen molar-refractivity contribution in [1.82, 2.24) is 10.6 Å². The van der Waals surface area contributed by atoms with Gasteiger partial charge in [-0.05, 0) is 36.9 Å². The summed E-state index contributed by atoms with van der Waals surface area (Å²) < 4.78 is 26.7. The number of para-hydroxylation sites is 1. The third kappa shape index (κ3) is 3.57. The van der Waals surface area contributed by atoms with E-state index < -0.39 is 23.4 Å². The third-order valence-corrected chi connectivity index (χ3v) is 2.77. The minimum atomic E-state index is -0.810. The Bertz CT molecular complexity index is 549. The molecule has 6 heteroatoms. The summed E-state index contributed by atoms with van der Waals surface area (Å²) in [6.45, 7) is 2.25. The molecule has 0 aromatic heterocycles. The molecule has 1 aliphatic heterocycles. The van der Waals surface area contributed by atoms with Crippen LogP contribution in [0.5, 0.6) is 0 Å². The maximum atomic E-state index is 13.3. The summed E-state index contributed by atoms with van der Waals surface area (Å²) >= 11 is 0. The van der Waals surface area contributed by atoms with Crippen LogP contribution in [-0.2, 0) is 0 Å². The average Bonchev–Trinajstić information content (AvgIpc) is 2.41. The molecule has 20 heavy (non-hydrogen) atoms. The molecule has 0 saturated heterocycles. The SMILES string of the molecule is CC1C=C(CNC(=O)Nc2c(F)cccc2F)C=CN1. The fourth-order valence-electron chi connectivity index (χ4n) is 1.81. The number of hydrogen-bond donors (Lipinski definition) is 3. The van der Waals surface area contributed by atoms with Gasteiger partial charge in [-0.2, -0.15) is 0 Å². The zero-order valence-electron chi connectivity index (χ0n) is 10.9. The summed E-state index contributed by atoms with van der Waals surface area (Å²) in [4.78, 5) is 11.6. The summed E-state index contributed by atoms with van der Waals surface area (Å²) in [5.41, 5.74) is 0.466. The Hall–Kier alpha value is -2.37. The van der Waals surface area contributed by atoms with E-state index in [0.717, 1.165) is 17.7 Å². The first kappa shape index (κ1) is 14.0. The lowest BCUT2D eigenvalue weighted by molar-refractivity contribution is 0.252. The van der Waals surface area contributed by atoms with Crippen molar-refractivity contribution in [2.24, 2.45) is 0 Å². The van der Waals surface area contributed by atoms with E-state index in [-0.39, 0.29) is 12.6 Å². The van der Waals surface area contributed by atoms with E-state index in [1.165, 1.54) is 6.07 Å². The van der Waals surface area contributed by atoms with Crippen LogP contribution in [0.4, 0.5) is 19.3 Å². The Morgan fingerprint density at radius 3 is 2.70 bits per heavy atom. The minimum Gasteiger partial charge on any atom is -0.385 e. The van der Waals surface area contributed by atoms with Gasteiger partial charge in [0, 0.05) is 12.6 Å². The molecule has 1 atom stereocenters. The Kier molecular flexibility index (Phi) is 4.34. The van der Waals surface area contributed by atoms with Gasteiger partial charge in [0.2, 0.25) is 0 Å². The van der Waals surface area contributed by atoms with Gasteiger partial charge in [-0.1, -0.05) is 12.1 Å². The highest BCUT2D eigenvalue weighted by Crippen LogP contribution is 2.17. The molecule has 4 nitrogen and oxygen atoms in total. The van der Waals surface area contributed by atoms with Gasteiger partial charge in [0.05, 0.1) is 0 Å². The van der Waals surface area contributed by atoms with Crippen LogP contribution in [0.15, 0.2) is 42.1 Å². The monoisotopic (exact) mass is 279 g/mol. The lowest BCUT2D eigenvalue weighted by Gasteiger charge is -2.15. The van der Waals surface area contributed by atoms with Gasteiger partial charge in [-0.15, -0.1) is 0 Å². The molecule has 1 heterocycles. The van der Waals surface area contributed by atoms with Gasteiger partial charge < -0.3 is 16.0 Å². The van der Waals surface area contributed by atoms with Crippen LogP contribution in [0, 0.1) is 11.6 Å². The molecule has 0 radical (unpaired) electrons. The van der Waals surface area contributed by atoms with E-state index in [2.05, 4.69) is 16.0 Å². The Labute approximate surface area is 115 Å². The number of benzene rings is 1. The molecule has 106 valence electrons. The number of rotatable bonds is 3. The topological polar surface area (TPSA) is 53.2 Å². The van der Waals surface area contributed by atoms with Crippen LogP contribution < -0.4 is 16.0 Å². The number of amides is 2. The zero-order valence-corrected chi connectivity index (χ0v) is 10.9. The number of urea groups is 1. The third-order valence-electron chi connectivity index (χ3n) is 2.77. The second kappa shape index (κ2) is 6.18. The average molecular weight is 279 g/mol. The van der Waals surface area contributed by atoms with Crippen molar-refractivity contribution in [2.45, 2.75) is 13.0 Å². The summed E-state index contributed by atoms with van der Waals surface area (Å²) in [5, 5.41) is 7.78. The van der Waals surface area contributed by atoms with Crippen molar-refractivity contribution >= 4 is 11.7 Å². The number of carbonyl (C=O) groups is 1. The van der Waals surface area contributed by atoms with Gasteiger partial charge in [-0.25, -0.2) is 13.6 Å². The molecule has 1 aromatic carbocycles. The van der Waals surface area contributed by atoms with Crippen LogP contribution in [0.25, 0.3) is 0 Å². The summed E-state index contributed by atoms with van der Waals surface area (Å²) in [6.07, 6.45) is 5.56. The van der Waals surface area contributed by atoms with Gasteiger partial charge >= 0.3 is 6.03 Å². The van der Waals surface area contributed by atoms with Crippen LogP contribution in [0.1, 0.15) is 6.92 Å².